The molecule has 0 amide bonds. The van der Waals surface area contributed by atoms with Gasteiger partial charge in [-0.1, -0.05) is 13.3 Å². The molecule has 0 saturated heterocycles. The molecule has 0 radical (unpaired) electrons. The zero-order chi connectivity index (χ0) is 14.6. The zero-order valence-corrected chi connectivity index (χ0v) is 14.2. The Morgan fingerprint density at radius 3 is 2.95 bits per heavy atom. The van der Waals surface area contributed by atoms with E-state index in [0.29, 0.717) is 12.5 Å². The summed E-state index contributed by atoms with van der Waals surface area (Å²) < 4.78 is 7.03. The van der Waals surface area contributed by atoms with Gasteiger partial charge in [-0.15, -0.1) is 0 Å². The van der Waals surface area contributed by atoms with Crippen molar-refractivity contribution < 1.29 is 4.74 Å². The minimum atomic E-state index is -0.308. The molecule has 2 unspecified atom stereocenters. The molecule has 4 nitrogen and oxygen atoms in total. The predicted octanol–water partition coefficient (Wildman–Crippen LogP) is 4.11. The number of nitrogens with one attached hydrogen (secondary N) is 1. The molecule has 1 N–H and O–H groups in total. The van der Waals surface area contributed by atoms with Gasteiger partial charge in [0.25, 0.3) is 0 Å². The third-order valence-electron chi connectivity index (χ3n) is 3.87. The minimum absolute atomic E-state index is 0.308. The topological polar surface area (TPSA) is 47.0 Å². The van der Waals surface area contributed by atoms with Crippen molar-refractivity contribution in [3.05, 3.63) is 16.5 Å². The summed E-state index contributed by atoms with van der Waals surface area (Å²) in [5.41, 5.74) is -0.308. The Labute approximate surface area is 129 Å². The Balaban J connectivity index is 2.35. The van der Waals surface area contributed by atoms with Gasteiger partial charge in [-0.25, -0.2) is 9.97 Å². The van der Waals surface area contributed by atoms with Crippen LogP contribution >= 0.6 is 15.9 Å². The first-order valence-electron chi connectivity index (χ1n) is 7.52. The van der Waals surface area contributed by atoms with Crippen LogP contribution in [0, 0.1) is 5.92 Å². The molecule has 0 aliphatic heterocycles. The van der Waals surface area contributed by atoms with Crippen molar-refractivity contribution in [1.29, 1.82) is 0 Å². The number of hydrogen-bond donors (Lipinski definition) is 1. The van der Waals surface area contributed by atoms with Crippen LogP contribution in [0.3, 0.4) is 0 Å². The van der Waals surface area contributed by atoms with E-state index in [1.54, 1.807) is 0 Å². The highest BCUT2D eigenvalue weighted by molar-refractivity contribution is 9.10. The maximum absolute atomic E-state index is 6.13. The van der Waals surface area contributed by atoms with Crippen molar-refractivity contribution in [3.8, 4) is 0 Å². The first kappa shape index (κ1) is 15.7. The molecule has 1 aliphatic rings. The van der Waals surface area contributed by atoms with Crippen LogP contribution in [0.2, 0.25) is 0 Å². The van der Waals surface area contributed by atoms with E-state index >= 15 is 0 Å². The molecule has 1 fully saturated rings. The molecule has 1 aromatic heterocycles. The molecule has 1 saturated carbocycles. The molecular formula is C15H24BrN3O. The highest BCUT2D eigenvalue weighted by Gasteiger charge is 2.40. The van der Waals surface area contributed by atoms with Crippen molar-refractivity contribution in [3.63, 3.8) is 0 Å². The Morgan fingerprint density at radius 1 is 1.50 bits per heavy atom. The summed E-state index contributed by atoms with van der Waals surface area (Å²) in [6.45, 7) is 7.94. The van der Waals surface area contributed by atoms with Gasteiger partial charge in [-0.3, -0.25) is 0 Å². The molecule has 0 aromatic carbocycles. The second-order valence-corrected chi connectivity index (χ2v) is 6.40. The van der Waals surface area contributed by atoms with Crippen LogP contribution in [0.25, 0.3) is 0 Å². The fourth-order valence-electron chi connectivity index (χ4n) is 3.06. The minimum Gasteiger partial charge on any atom is -0.369 e. The number of anilines is 1. The van der Waals surface area contributed by atoms with Gasteiger partial charge < -0.3 is 10.1 Å². The fourth-order valence-corrected chi connectivity index (χ4v) is 3.39. The Morgan fingerprint density at radius 2 is 2.30 bits per heavy atom. The largest absolute Gasteiger partial charge is 0.369 e. The summed E-state index contributed by atoms with van der Waals surface area (Å²) in [6, 6.07) is 0. The predicted molar refractivity (Wildman–Crippen MR) is 84.8 cm³/mol. The number of halogens is 1. The van der Waals surface area contributed by atoms with E-state index < -0.39 is 0 Å². The Bertz CT molecular complexity index is 451. The Hall–Kier alpha value is -0.680. The molecule has 0 bridgehead atoms. The number of hydrogen-bond acceptors (Lipinski definition) is 4. The summed E-state index contributed by atoms with van der Waals surface area (Å²) >= 11 is 3.50. The first-order chi connectivity index (χ1) is 9.61. The molecular weight excluding hydrogens is 318 g/mol. The molecule has 1 aromatic rings. The van der Waals surface area contributed by atoms with E-state index in [-0.39, 0.29) is 5.60 Å². The lowest BCUT2D eigenvalue weighted by molar-refractivity contribution is -0.0880. The zero-order valence-electron chi connectivity index (χ0n) is 12.6. The van der Waals surface area contributed by atoms with Gasteiger partial charge in [0.05, 0.1) is 4.47 Å². The number of aromatic nitrogens is 2. The number of rotatable bonds is 5. The average molecular weight is 342 g/mol. The molecule has 2 rings (SSSR count). The second-order valence-electron chi connectivity index (χ2n) is 5.55. The van der Waals surface area contributed by atoms with E-state index in [4.69, 9.17) is 9.72 Å². The van der Waals surface area contributed by atoms with Crippen molar-refractivity contribution in [2.45, 2.75) is 52.1 Å². The highest BCUT2D eigenvalue weighted by Crippen LogP contribution is 2.42. The van der Waals surface area contributed by atoms with E-state index in [1.165, 1.54) is 12.8 Å². The summed E-state index contributed by atoms with van der Waals surface area (Å²) in [7, 11) is 0. The Kier molecular flexibility index (Phi) is 5.38. The molecule has 1 heterocycles. The second kappa shape index (κ2) is 6.85. The summed E-state index contributed by atoms with van der Waals surface area (Å²) in [6.07, 6.45) is 6.30. The van der Waals surface area contributed by atoms with Crippen LogP contribution in [0.1, 0.15) is 52.3 Å². The van der Waals surface area contributed by atoms with Gasteiger partial charge in [-0.2, -0.15) is 0 Å². The van der Waals surface area contributed by atoms with Crippen LogP contribution in [0.4, 0.5) is 5.82 Å². The van der Waals surface area contributed by atoms with E-state index in [9.17, 15) is 0 Å². The summed E-state index contributed by atoms with van der Waals surface area (Å²) in [4.78, 5) is 9.26. The molecule has 20 heavy (non-hydrogen) atoms. The number of ether oxygens (including phenoxy) is 1. The van der Waals surface area contributed by atoms with E-state index in [1.807, 2.05) is 13.1 Å². The van der Waals surface area contributed by atoms with E-state index in [2.05, 4.69) is 40.1 Å². The SMILES string of the molecule is CCNc1nc(C2(OCC)CCCC(C)C2)ncc1Br. The third-order valence-corrected chi connectivity index (χ3v) is 4.45. The van der Waals surface area contributed by atoms with E-state index in [0.717, 1.165) is 35.5 Å². The maximum Gasteiger partial charge on any atom is 0.162 e. The van der Waals surface area contributed by atoms with Crippen molar-refractivity contribution in [2.24, 2.45) is 5.92 Å². The van der Waals surface area contributed by atoms with Crippen LogP contribution in [-0.2, 0) is 10.3 Å². The fraction of sp³-hybridized carbons (Fsp3) is 0.733. The van der Waals surface area contributed by atoms with Crippen molar-refractivity contribution in [1.82, 2.24) is 9.97 Å². The lowest BCUT2D eigenvalue weighted by Gasteiger charge is -2.38. The van der Waals surface area contributed by atoms with Gasteiger partial charge >= 0.3 is 0 Å². The van der Waals surface area contributed by atoms with Crippen LogP contribution < -0.4 is 5.32 Å². The van der Waals surface area contributed by atoms with Crippen LogP contribution in [0.15, 0.2) is 10.7 Å². The summed E-state index contributed by atoms with van der Waals surface area (Å²) in [5, 5.41) is 3.27. The van der Waals surface area contributed by atoms with Crippen molar-refractivity contribution in [2.75, 3.05) is 18.5 Å². The normalized spacial score (nSPS) is 26.5. The van der Waals surface area contributed by atoms with Crippen LogP contribution in [-0.4, -0.2) is 23.1 Å². The quantitative estimate of drug-likeness (QED) is 0.875. The van der Waals surface area contributed by atoms with Gasteiger partial charge in [0.2, 0.25) is 0 Å². The molecule has 0 spiro atoms. The summed E-state index contributed by atoms with van der Waals surface area (Å²) in [5.74, 6) is 2.34. The standard InChI is InChI=1S/C15H24BrN3O/c1-4-17-13-12(16)10-18-14(19-13)15(20-5-2)8-6-7-11(3)9-15/h10-11H,4-9H2,1-3H3,(H,17,18,19). The lowest BCUT2D eigenvalue weighted by atomic mass is 9.78. The molecule has 5 heteroatoms. The smallest absolute Gasteiger partial charge is 0.162 e. The molecule has 112 valence electrons. The average Bonchev–Trinajstić information content (AvgIpc) is 2.42. The molecule has 1 aliphatic carbocycles. The van der Waals surface area contributed by atoms with Crippen LogP contribution in [0.5, 0.6) is 0 Å². The monoisotopic (exact) mass is 341 g/mol. The molecule has 2 atom stereocenters. The lowest BCUT2D eigenvalue weighted by Crippen LogP contribution is -2.37. The van der Waals surface area contributed by atoms with Gasteiger partial charge in [0.1, 0.15) is 11.4 Å². The van der Waals surface area contributed by atoms with Gasteiger partial charge in [0.15, 0.2) is 5.82 Å². The van der Waals surface area contributed by atoms with Gasteiger partial charge in [0, 0.05) is 19.3 Å². The highest BCUT2D eigenvalue weighted by atomic mass is 79.9. The van der Waals surface area contributed by atoms with Gasteiger partial charge in [-0.05, 0) is 55.0 Å². The first-order valence-corrected chi connectivity index (χ1v) is 8.31. The maximum atomic E-state index is 6.13. The number of nitrogens with zero attached hydrogens (tertiary/aromatic N) is 2. The van der Waals surface area contributed by atoms with Crippen molar-refractivity contribution >= 4 is 21.7 Å². The third kappa shape index (κ3) is 3.31.